The topological polar surface area (TPSA) is 76.1 Å². The summed E-state index contributed by atoms with van der Waals surface area (Å²) in [4.78, 5) is 28.0. The van der Waals surface area contributed by atoms with Crippen LogP contribution in [0.2, 0.25) is 10.0 Å². The number of benzene rings is 3. The molecule has 8 heteroatoms. The summed E-state index contributed by atoms with van der Waals surface area (Å²) in [5.74, 6) is -0.632. The van der Waals surface area contributed by atoms with E-state index in [0.29, 0.717) is 22.1 Å². The van der Waals surface area contributed by atoms with Crippen molar-refractivity contribution in [3.8, 4) is 11.5 Å². The van der Waals surface area contributed by atoms with Gasteiger partial charge in [-0.25, -0.2) is 0 Å². The predicted octanol–water partition coefficient (Wildman–Crippen LogP) is 6.41. The normalized spacial score (nSPS) is 17.1. The van der Waals surface area contributed by atoms with Crippen LogP contribution in [0.15, 0.2) is 72.3 Å². The highest BCUT2D eigenvalue weighted by Crippen LogP contribution is 2.41. The lowest BCUT2D eigenvalue weighted by atomic mass is 9.95. The molecule has 0 spiro atoms. The molecule has 3 aromatic carbocycles. The number of likely N-dealkylation sites (tertiary alicyclic amines) is 1. The fourth-order valence-corrected chi connectivity index (χ4v) is 4.48. The molecule has 3 aromatic rings. The van der Waals surface area contributed by atoms with Crippen molar-refractivity contribution in [1.29, 1.82) is 0 Å². The number of rotatable bonds is 7. The molecule has 1 fully saturated rings. The quantitative estimate of drug-likeness (QED) is 0.219. The highest BCUT2D eigenvalue weighted by molar-refractivity contribution is 6.46. The van der Waals surface area contributed by atoms with Crippen molar-refractivity contribution >= 4 is 40.7 Å². The van der Waals surface area contributed by atoms with Crippen molar-refractivity contribution < 1.29 is 24.2 Å². The van der Waals surface area contributed by atoms with Crippen molar-refractivity contribution in [3.63, 3.8) is 0 Å². The summed E-state index contributed by atoms with van der Waals surface area (Å²) in [5.41, 5.74) is 1.63. The van der Waals surface area contributed by atoms with E-state index in [1.807, 2.05) is 38.1 Å². The first-order valence-electron chi connectivity index (χ1n) is 11.3. The number of hydrogen-bond donors (Lipinski definition) is 1. The predicted molar refractivity (Wildman–Crippen MR) is 140 cm³/mol. The second-order valence-corrected chi connectivity index (χ2v) is 9.46. The van der Waals surface area contributed by atoms with Crippen molar-refractivity contribution in [2.24, 2.45) is 0 Å². The van der Waals surface area contributed by atoms with Crippen LogP contribution in [0.25, 0.3) is 5.76 Å². The van der Waals surface area contributed by atoms with E-state index in [-0.39, 0.29) is 34.6 Å². The summed E-state index contributed by atoms with van der Waals surface area (Å²) in [6, 6.07) is 18.1. The Kier molecular flexibility index (Phi) is 7.57. The minimum absolute atomic E-state index is 0.0162. The number of nitrogens with zero attached hydrogens (tertiary/aromatic N) is 1. The van der Waals surface area contributed by atoms with Gasteiger partial charge in [-0.05, 0) is 67.4 Å². The third kappa shape index (κ3) is 5.20. The summed E-state index contributed by atoms with van der Waals surface area (Å²) in [6.45, 7) is 3.98. The second-order valence-electron chi connectivity index (χ2n) is 8.65. The highest BCUT2D eigenvalue weighted by atomic mass is 35.5. The first-order valence-corrected chi connectivity index (χ1v) is 12.1. The Morgan fingerprint density at radius 2 is 1.69 bits per heavy atom. The Morgan fingerprint density at radius 1 is 0.972 bits per heavy atom. The molecule has 1 unspecified atom stereocenters. The van der Waals surface area contributed by atoms with E-state index in [4.69, 9.17) is 32.7 Å². The summed E-state index contributed by atoms with van der Waals surface area (Å²) >= 11 is 12.2. The summed E-state index contributed by atoms with van der Waals surface area (Å²) < 4.78 is 11.2. The first kappa shape index (κ1) is 25.6. The third-order valence-corrected chi connectivity index (χ3v) is 6.50. The van der Waals surface area contributed by atoms with Crippen LogP contribution in [0.4, 0.5) is 0 Å². The molecular formula is C28H25Cl2NO5. The standard InChI is InChI=1S/C28H25Cl2NO5/c1-16(2)36-21-9-4-6-17(12-21)15-31-25(18-7-5-8-20(13-18)35-3)24(27(33)28(31)34)26(32)19-10-11-22(29)23(30)14-19/h4-14,16,25,32H,15H2,1-3H3/b26-24-. The fraction of sp³-hybridized carbons (Fsp3) is 0.214. The van der Waals surface area contributed by atoms with E-state index in [2.05, 4.69) is 0 Å². The zero-order valence-corrected chi connectivity index (χ0v) is 21.5. The first-order chi connectivity index (χ1) is 17.2. The van der Waals surface area contributed by atoms with Gasteiger partial charge in [0.15, 0.2) is 0 Å². The summed E-state index contributed by atoms with van der Waals surface area (Å²) in [7, 11) is 1.53. The molecule has 0 radical (unpaired) electrons. The van der Waals surface area contributed by atoms with E-state index < -0.39 is 17.7 Å². The van der Waals surface area contributed by atoms with Gasteiger partial charge in [-0.15, -0.1) is 0 Å². The SMILES string of the molecule is COc1cccc(C2/C(=C(/O)c3ccc(Cl)c(Cl)c3)C(=O)C(=O)N2Cc2cccc(OC(C)C)c2)c1. The number of amides is 1. The number of aliphatic hydroxyl groups excluding tert-OH is 1. The van der Waals surface area contributed by atoms with Gasteiger partial charge in [0.2, 0.25) is 0 Å². The van der Waals surface area contributed by atoms with Crippen LogP contribution in [0.3, 0.4) is 0 Å². The second kappa shape index (κ2) is 10.6. The highest BCUT2D eigenvalue weighted by Gasteiger charge is 2.46. The van der Waals surface area contributed by atoms with Crippen LogP contribution >= 0.6 is 23.2 Å². The minimum atomic E-state index is -0.857. The molecule has 0 saturated carbocycles. The molecule has 1 heterocycles. The molecular weight excluding hydrogens is 501 g/mol. The molecule has 1 aliphatic rings. The van der Waals surface area contributed by atoms with E-state index in [1.54, 1.807) is 30.3 Å². The van der Waals surface area contributed by atoms with Gasteiger partial charge in [0.25, 0.3) is 11.7 Å². The average molecular weight is 526 g/mol. The van der Waals surface area contributed by atoms with Gasteiger partial charge in [-0.2, -0.15) is 0 Å². The van der Waals surface area contributed by atoms with Crippen molar-refractivity contribution in [2.75, 3.05) is 7.11 Å². The number of Topliss-reactive ketones (excluding diaryl/α,β-unsaturated/α-hetero) is 1. The maximum absolute atomic E-state index is 13.3. The smallest absolute Gasteiger partial charge is 0.295 e. The van der Waals surface area contributed by atoms with Crippen LogP contribution in [0, 0.1) is 0 Å². The van der Waals surface area contributed by atoms with Crippen LogP contribution < -0.4 is 9.47 Å². The maximum atomic E-state index is 13.3. The van der Waals surface area contributed by atoms with E-state index in [9.17, 15) is 14.7 Å². The van der Waals surface area contributed by atoms with Crippen molar-refractivity contribution in [3.05, 3.63) is 99.0 Å². The lowest BCUT2D eigenvalue weighted by Crippen LogP contribution is -2.29. The number of carbonyl (C=O) groups excluding carboxylic acids is 2. The number of carbonyl (C=O) groups is 2. The monoisotopic (exact) mass is 525 g/mol. The molecule has 1 atom stereocenters. The third-order valence-electron chi connectivity index (χ3n) is 5.77. The molecule has 1 N–H and O–H groups in total. The largest absolute Gasteiger partial charge is 0.507 e. The van der Waals surface area contributed by atoms with Crippen LogP contribution in [-0.4, -0.2) is 34.9 Å². The summed E-state index contributed by atoms with van der Waals surface area (Å²) in [5, 5.41) is 11.8. The number of ketones is 1. The molecule has 186 valence electrons. The molecule has 6 nitrogen and oxygen atoms in total. The van der Waals surface area contributed by atoms with Crippen LogP contribution in [0.1, 0.15) is 36.6 Å². The number of ether oxygens (including phenoxy) is 2. The Labute approximate surface area is 219 Å². The number of hydrogen-bond acceptors (Lipinski definition) is 5. The summed E-state index contributed by atoms with van der Waals surface area (Å²) in [6.07, 6.45) is -0.0162. The Balaban J connectivity index is 1.84. The fourth-order valence-electron chi connectivity index (χ4n) is 4.19. The minimum Gasteiger partial charge on any atom is -0.507 e. The van der Waals surface area contributed by atoms with Gasteiger partial charge < -0.3 is 19.5 Å². The Morgan fingerprint density at radius 3 is 2.39 bits per heavy atom. The zero-order valence-electron chi connectivity index (χ0n) is 20.0. The molecule has 36 heavy (non-hydrogen) atoms. The van der Waals surface area contributed by atoms with Gasteiger partial charge in [-0.3, -0.25) is 9.59 Å². The Hall–Kier alpha value is -3.48. The number of aliphatic hydroxyl groups is 1. The van der Waals surface area contributed by atoms with Crippen LogP contribution in [-0.2, 0) is 16.1 Å². The molecule has 0 bridgehead atoms. The maximum Gasteiger partial charge on any atom is 0.295 e. The van der Waals surface area contributed by atoms with Gasteiger partial charge in [-0.1, -0.05) is 47.5 Å². The zero-order chi connectivity index (χ0) is 26.0. The van der Waals surface area contributed by atoms with E-state index in [1.165, 1.54) is 24.1 Å². The molecule has 0 aromatic heterocycles. The molecule has 1 aliphatic heterocycles. The van der Waals surface area contributed by atoms with Crippen molar-refractivity contribution in [2.45, 2.75) is 32.5 Å². The average Bonchev–Trinajstić information content (AvgIpc) is 3.10. The molecule has 1 saturated heterocycles. The molecule has 4 rings (SSSR count). The van der Waals surface area contributed by atoms with Crippen LogP contribution in [0.5, 0.6) is 11.5 Å². The molecule has 0 aliphatic carbocycles. The van der Waals surface area contributed by atoms with Gasteiger partial charge in [0, 0.05) is 12.1 Å². The van der Waals surface area contributed by atoms with E-state index in [0.717, 1.165) is 5.56 Å². The lowest BCUT2D eigenvalue weighted by molar-refractivity contribution is -0.140. The van der Waals surface area contributed by atoms with Crippen molar-refractivity contribution in [1.82, 2.24) is 4.90 Å². The van der Waals surface area contributed by atoms with E-state index >= 15 is 0 Å². The van der Waals surface area contributed by atoms with Gasteiger partial charge >= 0.3 is 0 Å². The number of methoxy groups -OCH3 is 1. The molecule has 1 amide bonds. The lowest BCUT2D eigenvalue weighted by Gasteiger charge is -2.26. The van der Waals surface area contributed by atoms with Gasteiger partial charge in [0.1, 0.15) is 17.3 Å². The number of halogens is 2. The van der Waals surface area contributed by atoms with Gasteiger partial charge in [0.05, 0.1) is 34.9 Å². The Bertz CT molecular complexity index is 1350.